The Balaban J connectivity index is 1.68. The molecule has 1 amide bonds. The van der Waals surface area contributed by atoms with Crippen LogP contribution in [0.25, 0.3) is 0 Å². The second-order valence-electron chi connectivity index (χ2n) is 5.32. The van der Waals surface area contributed by atoms with Gasteiger partial charge >= 0.3 is 0 Å². The van der Waals surface area contributed by atoms with Crippen molar-refractivity contribution in [3.8, 4) is 11.5 Å². The number of ether oxygens (including phenoxy) is 2. The molecule has 3 aromatic rings. The third-order valence-corrected chi connectivity index (χ3v) is 3.61. The Kier molecular flexibility index (Phi) is 5.28. The molecule has 0 aliphatic rings. The van der Waals surface area contributed by atoms with Crippen LogP contribution in [-0.2, 0) is 0 Å². The SMILES string of the molecule is COc1cccc(C(=O)Nc2ccc(Nc3ccccc3OC)nn2)c1. The van der Waals surface area contributed by atoms with Gasteiger partial charge in [0.1, 0.15) is 11.5 Å². The molecule has 26 heavy (non-hydrogen) atoms. The molecule has 132 valence electrons. The smallest absolute Gasteiger partial charge is 0.256 e. The number of anilines is 3. The Hall–Kier alpha value is -3.61. The molecule has 7 nitrogen and oxygen atoms in total. The first-order valence-electron chi connectivity index (χ1n) is 7.89. The fourth-order valence-corrected chi connectivity index (χ4v) is 2.30. The van der Waals surface area contributed by atoms with Gasteiger partial charge < -0.3 is 20.1 Å². The predicted octanol–water partition coefficient (Wildman–Crippen LogP) is 3.49. The van der Waals surface area contributed by atoms with Crippen molar-refractivity contribution in [2.45, 2.75) is 0 Å². The molecular formula is C19H18N4O3. The monoisotopic (exact) mass is 350 g/mol. The lowest BCUT2D eigenvalue weighted by Crippen LogP contribution is -2.13. The van der Waals surface area contributed by atoms with Crippen molar-refractivity contribution in [3.05, 3.63) is 66.2 Å². The standard InChI is InChI=1S/C19H18N4O3/c1-25-14-7-5-6-13(12-14)19(24)21-18-11-10-17(22-23-18)20-15-8-3-4-9-16(15)26-2/h3-12H,1-2H3,(H,20,22)(H,21,23,24). The van der Waals surface area contributed by atoms with Gasteiger partial charge in [0, 0.05) is 5.56 Å². The summed E-state index contributed by atoms with van der Waals surface area (Å²) in [5, 5.41) is 13.9. The molecule has 0 unspecified atom stereocenters. The van der Waals surface area contributed by atoms with Crippen LogP contribution >= 0.6 is 0 Å². The van der Waals surface area contributed by atoms with Gasteiger partial charge in [0.15, 0.2) is 11.6 Å². The molecule has 0 fully saturated rings. The van der Waals surface area contributed by atoms with E-state index in [2.05, 4.69) is 20.8 Å². The normalized spacial score (nSPS) is 10.1. The quantitative estimate of drug-likeness (QED) is 0.708. The predicted molar refractivity (Wildman–Crippen MR) is 99.3 cm³/mol. The maximum Gasteiger partial charge on any atom is 0.256 e. The molecule has 3 rings (SSSR count). The largest absolute Gasteiger partial charge is 0.497 e. The number of carbonyl (C=O) groups excluding carboxylic acids is 1. The summed E-state index contributed by atoms with van der Waals surface area (Å²) in [6, 6.07) is 17.8. The number of hydrogen-bond donors (Lipinski definition) is 2. The zero-order valence-corrected chi connectivity index (χ0v) is 14.4. The van der Waals surface area contributed by atoms with E-state index in [1.165, 1.54) is 0 Å². The molecule has 0 saturated heterocycles. The van der Waals surface area contributed by atoms with E-state index >= 15 is 0 Å². The second-order valence-corrected chi connectivity index (χ2v) is 5.32. The number of nitrogens with one attached hydrogen (secondary N) is 2. The summed E-state index contributed by atoms with van der Waals surface area (Å²) < 4.78 is 10.4. The fraction of sp³-hybridized carbons (Fsp3) is 0.105. The molecule has 1 heterocycles. The molecule has 0 spiro atoms. The minimum atomic E-state index is -0.288. The number of benzene rings is 2. The zero-order chi connectivity index (χ0) is 18.4. The van der Waals surface area contributed by atoms with Gasteiger partial charge in [0.2, 0.25) is 0 Å². The summed E-state index contributed by atoms with van der Waals surface area (Å²) in [5.41, 5.74) is 1.25. The number of para-hydroxylation sites is 2. The van der Waals surface area contributed by atoms with E-state index in [0.29, 0.717) is 28.7 Å². The third kappa shape index (κ3) is 4.07. The Morgan fingerprint density at radius 2 is 1.65 bits per heavy atom. The van der Waals surface area contributed by atoms with Crippen molar-refractivity contribution in [1.82, 2.24) is 10.2 Å². The molecule has 2 N–H and O–H groups in total. The first-order valence-corrected chi connectivity index (χ1v) is 7.89. The summed E-state index contributed by atoms with van der Waals surface area (Å²) in [4.78, 5) is 12.3. The van der Waals surface area contributed by atoms with E-state index in [-0.39, 0.29) is 5.91 Å². The van der Waals surface area contributed by atoms with Crippen LogP contribution in [0.5, 0.6) is 11.5 Å². The highest BCUT2D eigenvalue weighted by atomic mass is 16.5. The van der Waals surface area contributed by atoms with Gasteiger partial charge in [-0.3, -0.25) is 4.79 Å². The second kappa shape index (κ2) is 7.98. The topological polar surface area (TPSA) is 85.4 Å². The van der Waals surface area contributed by atoms with Crippen LogP contribution in [-0.4, -0.2) is 30.3 Å². The van der Waals surface area contributed by atoms with Crippen LogP contribution in [0.2, 0.25) is 0 Å². The van der Waals surface area contributed by atoms with Gasteiger partial charge in [-0.15, -0.1) is 10.2 Å². The molecule has 2 aromatic carbocycles. The zero-order valence-electron chi connectivity index (χ0n) is 14.4. The van der Waals surface area contributed by atoms with Crippen LogP contribution < -0.4 is 20.1 Å². The molecule has 0 saturated carbocycles. The summed E-state index contributed by atoms with van der Waals surface area (Å²) in [5.74, 6) is 1.91. The van der Waals surface area contributed by atoms with E-state index in [4.69, 9.17) is 9.47 Å². The van der Waals surface area contributed by atoms with Crippen LogP contribution in [0.4, 0.5) is 17.3 Å². The number of aromatic nitrogens is 2. The molecule has 0 aliphatic carbocycles. The number of hydrogen-bond acceptors (Lipinski definition) is 6. The lowest BCUT2D eigenvalue weighted by Gasteiger charge is -2.10. The highest BCUT2D eigenvalue weighted by Gasteiger charge is 2.09. The van der Waals surface area contributed by atoms with Crippen LogP contribution in [0.3, 0.4) is 0 Å². The number of methoxy groups -OCH3 is 2. The third-order valence-electron chi connectivity index (χ3n) is 3.61. The Morgan fingerprint density at radius 3 is 2.38 bits per heavy atom. The van der Waals surface area contributed by atoms with Gasteiger partial charge in [-0.2, -0.15) is 0 Å². The Bertz CT molecular complexity index is 897. The first-order chi connectivity index (χ1) is 12.7. The average Bonchev–Trinajstić information content (AvgIpc) is 2.70. The summed E-state index contributed by atoms with van der Waals surface area (Å²) in [6.07, 6.45) is 0. The minimum Gasteiger partial charge on any atom is -0.497 e. The lowest BCUT2D eigenvalue weighted by atomic mass is 10.2. The minimum absolute atomic E-state index is 0.288. The molecular weight excluding hydrogens is 332 g/mol. The van der Waals surface area contributed by atoms with E-state index in [1.807, 2.05) is 24.3 Å². The first kappa shape index (κ1) is 17.2. The Morgan fingerprint density at radius 1 is 0.885 bits per heavy atom. The lowest BCUT2D eigenvalue weighted by molar-refractivity contribution is 0.102. The maximum absolute atomic E-state index is 12.3. The van der Waals surface area contributed by atoms with Crippen LogP contribution in [0.15, 0.2) is 60.7 Å². The maximum atomic E-state index is 12.3. The van der Waals surface area contributed by atoms with Crippen molar-refractivity contribution in [3.63, 3.8) is 0 Å². The van der Waals surface area contributed by atoms with Crippen LogP contribution in [0.1, 0.15) is 10.4 Å². The Labute approximate surface area is 151 Å². The van der Waals surface area contributed by atoms with E-state index in [1.54, 1.807) is 50.6 Å². The molecule has 0 atom stereocenters. The van der Waals surface area contributed by atoms with E-state index in [0.717, 1.165) is 5.69 Å². The molecule has 0 radical (unpaired) electrons. The number of nitrogens with zero attached hydrogens (tertiary/aromatic N) is 2. The summed E-state index contributed by atoms with van der Waals surface area (Å²) in [7, 11) is 3.15. The highest BCUT2D eigenvalue weighted by molar-refractivity contribution is 6.04. The van der Waals surface area contributed by atoms with Gasteiger partial charge in [0.25, 0.3) is 5.91 Å². The number of carbonyl (C=O) groups is 1. The van der Waals surface area contributed by atoms with Gasteiger partial charge in [0.05, 0.1) is 19.9 Å². The molecule has 0 bridgehead atoms. The van der Waals surface area contributed by atoms with E-state index < -0.39 is 0 Å². The van der Waals surface area contributed by atoms with Crippen molar-refractivity contribution in [2.75, 3.05) is 24.9 Å². The van der Waals surface area contributed by atoms with Gasteiger partial charge in [-0.05, 0) is 42.5 Å². The van der Waals surface area contributed by atoms with Crippen molar-refractivity contribution in [1.29, 1.82) is 0 Å². The summed E-state index contributed by atoms with van der Waals surface area (Å²) in [6.45, 7) is 0. The van der Waals surface area contributed by atoms with Gasteiger partial charge in [-0.25, -0.2) is 0 Å². The average molecular weight is 350 g/mol. The fourth-order valence-electron chi connectivity index (χ4n) is 2.30. The van der Waals surface area contributed by atoms with E-state index in [9.17, 15) is 4.79 Å². The highest BCUT2D eigenvalue weighted by Crippen LogP contribution is 2.26. The number of amides is 1. The van der Waals surface area contributed by atoms with Crippen molar-refractivity contribution >= 4 is 23.2 Å². The van der Waals surface area contributed by atoms with Crippen molar-refractivity contribution < 1.29 is 14.3 Å². The molecule has 0 aliphatic heterocycles. The van der Waals surface area contributed by atoms with Crippen LogP contribution in [0, 0.1) is 0 Å². The molecule has 1 aromatic heterocycles. The van der Waals surface area contributed by atoms with Crippen molar-refractivity contribution in [2.24, 2.45) is 0 Å². The van der Waals surface area contributed by atoms with Gasteiger partial charge in [-0.1, -0.05) is 18.2 Å². The number of rotatable bonds is 6. The summed E-state index contributed by atoms with van der Waals surface area (Å²) >= 11 is 0. The molecule has 7 heteroatoms.